The molecule has 2 aromatic carbocycles. The maximum absolute atomic E-state index is 12.9. The Morgan fingerprint density at radius 2 is 1.96 bits per heavy atom. The second kappa shape index (κ2) is 6.04. The number of fused-ring (bicyclic) bond motifs is 3. The van der Waals surface area contributed by atoms with Crippen molar-refractivity contribution in [2.45, 2.75) is 13.0 Å². The zero-order chi connectivity index (χ0) is 17.6. The molecule has 1 amide bonds. The Bertz CT molecular complexity index is 1010. The van der Waals surface area contributed by atoms with Crippen LogP contribution in [0.25, 0.3) is 10.9 Å². The largest absolute Gasteiger partial charge is 0.478 e. The quantitative estimate of drug-likeness (QED) is 0.688. The molecule has 0 bridgehead atoms. The van der Waals surface area contributed by atoms with Gasteiger partial charge in [-0.25, -0.2) is 4.79 Å². The molecule has 1 aliphatic rings. The lowest BCUT2D eigenvalue weighted by molar-refractivity contribution is 0.0694. The normalized spacial score (nSPS) is 13.7. The molecule has 0 unspecified atom stereocenters. The van der Waals surface area contributed by atoms with Gasteiger partial charge in [0.2, 0.25) is 0 Å². The fraction of sp³-hybridized carbons (Fsp3) is 0.158. The lowest BCUT2D eigenvalue weighted by Crippen LogP contribution is -2.36. The Morgan fingerprint density at radius 1 is 1.16 bits per heavy atom. The molecule has 0 saturated heterocycles. The highest BCUT2D eigenvalue weighted by Gasteiger charge is 2.26. The Hall–Kier alpha value is -2.60. The minimum absolute atomic E-state index is 0.0261. The van der Waals surface area contributed by atoms with E-state index in [4.69, 9.17) is 0 Å². The van der Waals surface area contributed by atoms with Gasteiger partial charge < -0.3 is 15.0 Å². The molecule has 0 fully saturated rings. The number of aromatic nitrogens is 1. The number of nitrogens with one attached hydrogen (secondary N) is 1. The maximum Gasteiger partial charge on any atom is 0.335 e. The van der Waals surface area contributed by atoms with Crippen LogP contribution < -0.4 is 0 Å². The van der Waals surface area contributed by atoms with Crippen LogP contribution in [0, 0.1) is 0 Å². The minimum atomic E-state index is -0.950. The third kappa shape index (κ3) is 2.72. The summed E-state index contributed by atoms with van der Waals surface area (Å²) in [6.07, 6.45) is 0.725. The van der Waals surface area contributed by atoms with Gasteiger partial charge in [-0.15, -0.1) is 0 Å². The van der Waals surface area contributed by atoms with Crippen LogP contribution in [0.5, 0.6) is 0 Å². The number of nitrogens with zero attached hydrogens (tertiary/aromatic N) is 1. The number of amides is 1. The van der Waals surface area contributed by atoms with Crippen LogP contribution in [-0.2, 0) is 13.0 Å². The van der Waals surface area contributed by atoms with Gasteiger partial charge >= 0.3 is 5.97 Å². The van der Waals surface area contributed by atoms with Crippen molar-refractivity contribution in [2.75, 3.05) is 6.54 Å². The summed E-state index contributed by atoms with van der Waals surface area (Å²) in [5.41, 5.74) is 3.88. The fourth-order valence-corrected chi connectivity index (χ4v) is 3.78. The van der Waals surface area contributed by atoms with E-state index in [0.29, 0.717) is 18.7 Å². The highest BCUT2D eigenvalue weighted by molar-refractivity contribution is 9.10. The average Bonchev–Trinajstić information content (AvgIpc) is 2.98. The highest BCUT2D eigenvalue weighted by atomic mass is 79.9. The Morgan fingerprint density at radius 3 is 2.72 bits per heavy atom. The van der Waals surface area contributed by atoms with Crippen molar-refractivity contribution in [3.63, 3.8) is 0 Å². The lowest BCUT2D eigenvalue weighted by Gasteiger charge is -2.27. The number of carbonyl (C=O) groups is 2. The number of benzene rings is 2. The summed E-state index contributed by atoms with van der Waals surface area (Å²) in [6, 6.07) is 12.4. The average molecular weight is 399 g/mol. The van der Waals surface area contributed by atoms with E-state index in [9.17, 15) is 14.7 Å². The van der Waals surface area contributed by atoms with E-state index in [1.54, 1.807) is 24.3 Å². The first-order chi connectivity index (χ1) is 12.0. The Labute approximate surface area is 152 Å². The van der Waals surface area contributed by atoms with E-state index in [2.05, 4.69) is 20.9 Å². The first kappa shape index (κ1) is 15.9. The topological polar surface area (TPSA) is 73.4 Å². The number of carboxylic acids is 1. The summed E-state index contributed by atoms with van der Waals surface area (Å²) in [5, 5.41) is 10.1. The van der Waals surface area contributed by atoms with E-state index in [1.165, 1.54) is 0 Å². The second-order valence-corrected chi connectivity index (χ2v) is 6.96. The van der Waals surface area contributed by atoms with Crippen LogP contribution in [0.4, 0.5) is 0 Å². The SMILES string of the molecule is O=C(O)c1ccc2[nH]c3c(c2c1)CN(C(=O)c1ccccc1Br)CC3. The van der Waals surface area contributed by atoms with Gasteiger partial charge in [0, 0.05) is 46.1 Å². The standard InChI is InChI=1S/C19H15BrN2O3/c20-15-4-2-1-3-12(15)18(23)22-8-7-17-14(10-22)13-9-11(19(24)25)5-6-16(13)21-17/h1-6,9,21H,7-8,10H2,(H,24,25). The van der Waals surface area contributed by atoms with Crippen LogP contribution in [-0.4, -0.2) is 33.4 Å². The monoisotopic (exact) mass is 398 g/mol. The number of H-pyrrole nitrogens is 1. The van der Waals surface area contributed by atoms with Crippen LogP contribution in [0.2, 0.25) is 0 Å². The zero-order valence-electron chi connectivity index (χ0n) is 13.3. The maximum atomic E-state index is 12.9. The van der Waals surface area contributed by atoms with Gasteiger partial charge in [0.05, 0.1) is 11.1 Å². The van der Waals surface area contributed by atoms with Gasteiger partial charge in [0.1, 0.15) is 0 Å². The molecule has 25 heavy (non-hydrogen) atoms. The number of aromatic carboxylic acids is 1. The molecule has 126 valence electrons. The van der Waals surface area contributed by atoms with E-state index < -0.39 is 5.97 Å². The van der Waals surface area contributed by atoms with Crippen molar-refractivity contribution in [2.24, 2.45) is 0 Å². The smallest absolute Gasteiger partial charge is 0.335 e. The first-order valence-electron chi connectivity index (χ1n) is 7.95. The predicted octanol–water partition coefficient (Wildman–Crippen LogP) is 3.83. The molecule has 2 heterocycles. The van der Waals surface area contributed by atoms with Crippen molar-refractivity contribution in [1.82, 2.24) is 9.88 Å². The van der Waals surface area contributed by atoms with Crippen molar-refractivity contribution in [3.8, 4) is 0 Å². The lowest BCUT2D eigenvalue weighted by atomic mass is 10.0. The third-order valence-electron chi connectivity index (χ3n) is 4.61. The van der Waals surface area contributed by atoms with Gasteiger partial charge in [-0.2, -0.15) is 0 Å². The third-order valence-corrected chi connectivity index (χ3v) is 5.31. The molecular formula is C19H15BrN2O3. The number of carbonyl (C=O) groups excluding carboxylic acids is 1. The van der Waals surface area contributed by atoms with E-state index in [0.717, 1.165) is 33.1 Å². The Balaban J connectivity index is 1.71. The summed E-state index contributed by atoms with van der Waals surface area (Å²) in [5.74, 6) is -0.976. The molecule has 4 rings (SSSR count). The molecular weight excluding hydrogens is 384 g/mol. The molecule has 5 nitrogen and oxygen atoms in total. The van der Waals surface area contributed by atoms with Crippen LogP contribution in [0.3, 0.4) is 0 Å². The number of rotatable bonds is 2. The van der Waals surface area contributed by atoms with Gasteiger partial charge in [-0.1, -0.05) is 12.1 Å². The number of hydrogen-bond donors (Lipinski definition) is 2. The van der Waals surface area contributed by atoms with Gasteiger partial charge in [0.25, 0.3) is 5.91 Å². The molecule has 1 aliphatic heterocycles. The second-order valence-electron chi connectivity index (χ2n) is 6.10. The summed E-state index contributed by atoms with van der Waals surface area (Å²) in [6.45, 7) is 1.10. The van der Waals surface area contributed by atoms with Crippen LogP contribution in [0.15, 0.2) is 46.9 Å². The molecule has 0 saturated carbocycles. The molecule has 2 N–H and O–H groups in total. The van der Waals surface area contributed by atoms with Crippen molar-refractivity contribution >= 4 is 38.7 Å². The van der Waals surface area contributed by atoms with Crippen molar-refractivity contribution in [1.29, 1.82) is 0 Å². The molecule has 0 atom stereocenters. The number of hydrogen-bond acceptors (Lipinski definition) is 2. The van der Waals surface area contributed by atoms with Crippen LogP contribution >= 0.6 is 15.9 Å². The summed E-state index contributed by atoms with van der Waals surface area (Å²) < 4.78 is 0.776. The summed E-state index contributed by atoms with van der Waals surface area (Å²) in [7, 11) is 0. The molecule has 0 aliphatic carbocycles. The molecule has 0 radical (unpaired) electrons. The van der Waals surface area contributed by atoms with E-state index in [-0.39, 0.29) is 11.5 Å². The molecule has 1 aromatic heterocycles. The minimum Gasteiger partial charge on any atom is -0.478 e. The molecule has 3 aromatic rings. The summed E-state index contributed by atoms with van der Waals surface area (Å²) in [4.78, 5) is 29.3. The Kier molecular flexibility index (Phi) is 3.84. The zero-order valence-corrected chi connectivity index (χ0v) is 14.8. The van der Waals surface area contributed by atoms with E-state index >= 15 is 0 Å². The fourth-order valence-electron chi connectivity index (χ4n) is 3.33. The highest BCUT2D eigenvalue weighted by Crippen LogP contribution is 2.30. The van der Waals surface area contributed by atoms with Crippen molar-refractivity contribution in [3.05, 3.63) is 69.3 Å². The van der Waals surface area contributed by atoms with E-state index in [1.807, 2.05) is 23.1 Å². The van der Waals surface area contributed by atoms with Gasteiger partial charge in [-0.3, -0.25) is 4.79 Å². The molecule has 6 heteroatoms. The van der Waals surface area contributed by atoms with Crippen LogP contribution in [0.1, 0.15) is 32.0 Å². The number of halogens is 1. The van der Waals surface area contributed by atoms with Gasteiger partial charge in [-0.05, 0) is 46.3 Å². The number of carboxylic acid groups (broad SMARTS) is 1. The van der Waals surface area contributed by atoms with Crippen molar-refractivity contribution < 1.29 is 14.7 Å². The first-order valence-corrected chi connectivity index (χ1v) is 8.74. The predicted molar refractivity (Wildman–Crippen MR) is 97.8 cm³/mol. The summed E-state index contributed by atoms with van der Waals surface area (Å²) >= 11 is 3.43. The number of aromatic amines is 1. The van der Waals surface area contributed by atoms with Gasteiger partial charge in [0.15, 0.2) is 0 Å². The molecule has 0 spiro atoms.